The van der Waals surface area contributed by atoms with E-state index in [1.165, 1.54) is 10.2 Å². The molecule has 0 radical (unpaired) electrons. The van der Waals surface area contributed by atoms with E-state index in [1.54, 1.807) is 22.7 Å². The molecule has 2 aromatic heterocycles. The minimum atomic E-state index is -0.284. The van der Waals surface area contributed by atoms with Gasteiger partial charge in [-0.2, -0.15) is 5.10 Å². The molecule has 0 spiro atoms. The molecule has 0 aliphatic carbocycles. The van der Waals surface area contributed by atoms with Crippen LogP contribution in [0.1, 0.15) is 16.8 Å². The van der Waals surface area contributed by atoms with Crippen molar-refractivity contribution in [3.63, 3.8) is 0 Å². The second kappa shape index (κ2) is 6.29. The van der Waals surface area contributed by atoms with Gasteiger partial charge in [0.1, 0.15) is 11.7 Å². The molecule has 26 heavy (non-hydrogen) atoms. The molecule has 1 aromatic carbocycles. The predicted molar refractivity (Wildman–Crippen MR) is 100 cm³/mol. The molecule has 1 aliphatic rings. The lowest BCUT2D eigenvalue weighted by molar-refractivity contribution is -0.133. The summed E-state index contributed by atoms with van der Waals surface area (Å²) in [6, 6.07) is 8.14. The van der Waals surface area contributed by atoms with E-state index < -0.39 is 0 Å². The summed E-state index contributed by atoms with van der Waals surface area (Å²) in [6.07, 6.45) is 2.39. The maximum atomic E-state index is 12.8. The number of aromatic nitrogens is 3. The number of carbonyl (C=O) groups is 1. The van der Waals surface area contributed by atoms with Gasteiger partial charge in [0, 0.05) is 31.2 Å². The van der Waals surface area contributed by atoms with Gasteiger partial charge in [0.05, 0.1) is 11.6 Å². The number of hydrogen-bond acceptors (Lipinski definition) is 3. The predicted octanol–water partition coefficient (Wildman–Crippen LogP) is 2.28. The Labute approximate surface area is 155 Å². The van der Waals surface area contributed by atoms with E-state index in [1.807, 2.05) is 25.1 Å². The molecule has 1 amide bonds. The summed E-state index contributed by atoms with van der Waals surface area (Å²) in [5.41, 5.74) is 2.93. The summed E-state index contributed by atoms with van der Waals surface area (Å²) in [5.74, 6) is -0.104. The Bertz CT molecular complexity index is 1080. The number of carbonyl (C=O) groups excluding carboxylic acids is 1. The maximum Gasteiger partial charge on any atom is 0.276 e. The third-order valence-corrected chi connectivity index (χ3v) is 5.65. The Kier molecular flexibility index (Phi) is 4.07. The molecular weight excluding hydrogens is 352 g/mol. The van der Waals surface area contributed by atoms with E-state index in [9.17, 15) is 9.59 Å². The van der Waals surface area contributed by atoms with Crippen LogP contribution in [0.25, 0.3) is 10.8 Å². The molecule has 0 bridgehead atoms. The van der Waals surface area contributed by atoms with Crippen LogP contribution in [0.15, 0.2) is 35.3 Å². The zero-order valence-electron chi connectivity index (χ0n) is 14.7. The summed E-state index contributed by atoms with van der Waals surface area (Å²) >= 11 is 6.25. The highest BCUT2D eigenvalue weighted by Crippen LogP contribution is 2.25. The van der Waals surface area contributed by atoms with E-state index in [0.29, 0.717) is 29.0 Å². The quantitative estimate of drug-likeness (QED) is 0.695. The van der Waals surface area contributed by atoms with Crippen molar-refractivity contribution in [3.05, 3.63) is 62.8 Å². The van der Waals surface area contributed by atoms with E-state index in [0.717, 1.165) is 17.7 Å². The normalized spacial score (nSPS) is 13.9. The Morgan fingerprint density at radius 3 is 2.77 bits per heavy atom. The lowest BCUT2D eigenvalue weighted by Gasteiger charge is -2.28. The van der Waals surface area contributed by atoms with E-state index in [4.69, 9.17) is 11.6 Å². The minimum Gasteiger partial charge on any atom is -0.338 e. The van der Waals surface area contributed by atoms with Crippen LogP contribution in [0.5, 0.6) is 0 Å². The van der Waals surface area contributed by atoms with Crippen LogP contribution < -0.4 is 5.56 Å². The molecule has 0 saturated carbocycles. The van der Waals surface area contributed by atoms with Gasteiger partial charge in [0.25, 0.3) is 5.56 Å². The first kappa shape index (κ1) is 16.8. The highest BCUT2D eigenvalue weighted by Gasteiger charge is 2.22. The Morgan fingerprint density at radius 2 is 2.00 bits per heavy atom. The summed E-state index contributed by atoms with van der Waals surface area (Å²) in [4.78, 5) is 27.3. The molecule has 3 aromatic rings. The van der Waals surface area contributed by atoms with Crippen LogP contribution in [0.4, 0.5) is 0 Å². The number of rotatable bonds is 2. The number of benzene rings is 1. The van der Waals surface area contributed by atoms with Crippen LogP contribution in [0.2, 0.25) is 5.15 Å². The van der Waals surface area contributed by atoms with Crippen molar-refractivity contribution in [3.8, 4) is 0 Å². The first-order chi connectivity index (χ1) is 12.5. The summed E-state index contributed by atoms with van der Waals surface area (Å²) in [6.45, 7) is 3.00. The van der Waals surface area contributed by atoms with Gasteiger partial charge in [0.2, 0.25) is 5.91 Å². The first-order valence-corrected chi connectivity index (χ1v) is 8.90. The topological polar surface area (TPSA) is 60.1 Å². The van der Waals surface area contributed by atoms with E-state index >= 15 is 0 Å². The first-order valence-electron chi connectivity index (χ1n) is 8.52. The number of hydrogen-bond donors (Lipinski definition) is 0. The molecule has 7 heteroatoms. The molecule has 3 heterocycles. The van der Waals surface area contributed by atoms with Crippen molar-refractivity contribution in [1.82, 2.24) is 19.2 Å². The number of fused-ring (bicyclic) bond motifs is 2. The van der Waals surface area contributed by atoms with Crippen molar-refractivity contribution in [2.45, 2.75) is 26.4 Å². The molecule has 0 atom stereocenters. The van der Waals surface area contributed by atoms with Crippen molar-refractivity contribution in [2.24, 2.45) is 7.05 Å². The highest BCUT2D eigenvalue weighted by molar-refractivity contribution is 6.34. The second-order valence-electron chi connectivity index (χ2n) is 6.67. The van der Waals surface area contributed by atoms with Crippen LogP contribution in [0, 0.1) is 6.92 Å². The smallest absolute Gasteiger partial charge is 0.276 e. The molecular formula is C19H19ClN4O2. The van der Waals surface area contributed by atoms with Crippen LogP contribution in [0.3, 0.4) is 0 Å². The van der Waals surface area contributed by atoms with Crippen molar-refractivity contribution < 1.29 is 4.79 Å². The number of amides is 1. The van der Waals surface area contributed by atoms with Gasteiger partial charge in [-0.3, -0.25) is 9.59 Å². The average Bonchev–Trinajstić information content (AvgIpc) is 2.88. The van der Waals surface area contributed by atoms with Gasteiger partial charge < -0.3 is 9.47 Å². The summed E-state index contributed by atoms with van der Waals surface area (Å²) in [7, 11) is 1.80. The third kappa shape index (κ3) is 2.61. The molecule has 4 rings (SSSR count). The fourth-order valence-electron chi connectivity index (χ4n) is 3.54. The van der Waals surface area contributed by atoms with Gasteiger partial charge >= 0.3 is 0 Å². The van der Waals surface area contributed by atoms with Gasteiger partial charge in [-0.05, 0) is 24.5 Å². The third-order valence-electron chi connectivity index (χ3n) is 5.19. The molecule has 0 fully saturated rings. The van der Waals surface area contributed by atoms with Crippen molar-refractivity contribution in [2.75, 3.05) is 6.54 Å². The summed E-state index contributed by atoms with van der Waals surface area (Å²) in [5, 5.41) is 5.78. The lowest BCUT2D eigenvalue weighted by Crippen LogP contribution is -2.40. The van der Waals surface area contributed by atoms with Crippen molar-refractivity contribution >= 4 is 28.3 Å². The van der Waals surface area contributed by atoms with Gasteiger partial charge in [0.15, 0.2) is 0 Å². The number of halogens is 1. The van der Waals surface area contributed by atoms with E-state index in [2.05, 4.69) is 11.2 Å². The number of aryl methyl sites for hydroxylation is 1. The molecule has 1 aliphatic heterocycles. The second-order valence-corrected chi connectivity index (χ2v) is 7.02. The summed E-state index contributed by atoms with van der Waals surface area (Å²) < 4.78 is 2.98. The Morgan fingerprint density at radius 1 is 1.27 bits per heavy atom. The van der Waals surface area contributed by atoms with Gasteiger partial charge in [-0.1, -0.05) is 35.9 Å². The Hall–Kier alpha value is -2.60. The molecule has 6 nitrogen and oxygen atoms in total. The molecule has 134 valence electrons. The fraction of sp³-hybridized carbons (Fsp3) is 0.316. The van der Waals surface area contributed by atoms with Gasteiger partial charge in [-0.25, -0.2) is 4.68 Å². The Balaban J connectivity index is 1.62. The zero-order valence-corrected chi connectivity index (χ0v) is 15.5. The molecule has 0 saturated heterocycles. The lowest BCUT2D eigenvalue weighted by atomic mass is 10.00. The minimum absolute atomic E-state index is 0.0666. The molecule has 0 N–H and O–H groups in total. The average molecular weight is 371 g/mol. The van der Waals surface area contributed by atoms with E-state index in [-0.39, 0.29) is 18.0 Å². The highest BCUT2D eigenvalue weighted by atomic mass is 35.5. The molecule has 0 unspecified atom stereocenters. The van der Waals surface area contributed by atoms with Gasteiger partial charge in [-0.15, -0.1) is 0 Å². The SMILES string of the molecule is Cc1c2c(=O)n(CC(=O)N3CCc4ccccc4C3)ncc2c(Cl)n1C. The number of nitrogens with zero attached hydrogens (tertiary/aromatic N) is 4. The standard InChI is InChI=1S/C19H19ClN4O2/c1-12-17-15(18(20)22(12)2)9-21-24(19(17)26)11-16(25)23-8-7-13-5-3-4-6-14(13)10-23/h3-6,9H,7-8,10-11H2,1-2H3. The van der Waals surface area contributed by atoms with Crippen LogP contribution in [-0.2, 0) is 31.4 Å². The van der Waals surface area contributed by atoms with Crippen LogP contribution in [-0.4, -0.2) is 31.7 Å². The zero-order chi connectivity index (χ0) is 18.4. The largest absolute Gasteiger partial charge is 0.338 e. The maximum absolute atomic E-state index is 12.8. The monoisotopic (exact) mass is 370 g/mol. The van der Waals surface area contributed by atoms with Crippen LogP contribution >= 0.6 is 11.6 Å². The van der Waals surface area contributed by atoms with Crippen molar-refractivity contribution in [1.29, 1.82) is 0 Å². The fourth-order valence-corrected chi connectivity index (χ4v) is 3.81.